The lowest BCUT2D eigenvalue weighted by molar-refractivity contribution is 0.431. The first-order chi connectivity index (χ1) is 8.13. The summed E-state index contributed by atoms with van der Waals surface area (Å²) in [6.45, 7) is 6.89. The van der Waals surface area contributed by atoms with Gasteiger partial charge >= 0.3 is 0 Å². The van der Waals surface area contributed by atoms with Gasteiger partial charge in [-0.05, 0) is 38.7 Å². The highest BCUT2D eigenvalue weighted by Gasteiger charge is 2.33. The van der Waals surface area contributed by atoms with E-state index in [2.05, 4.69) is 63.3 Å². The van der Waals surface area contributed by atoms with E-state index in [1.807, 2.05) is 0 Å². The van der Waals surface area contributed by atoms with Gasteiger partial charge in [0.15, 0.2) is 0 Å². The van der Waals surface area contributed by atoms with Gasteiger partial charge in [0.2, 0.25) is 0 Å². The summed E-state index contributed by atoms with van der Waals surface area (Å²) in [7, 11) is 0. The van der Waals surface area contributed by atoms with Gasteiger partial charge in [-0.15, -0.1) is 0 Å². The molecule has 1 aromatic rings. The highest BCUT2D eigenvalue weighted by molar-refractivity contribution is 5.34. The van der Waals surface area contributed by atoms with Gasteiger partial charge in [0.25, 0.3) is 0 Å². The first-order valence-electron chi connectivity index (χ1n) is 6.51. The van der Waals surface area contributed by atoms with E-state index in [1.165, 1.54) is 23.1 Å². The molecule has 0 aliphatic heterocycles. The maximum atomic E-state index is 2.42. The van der Waals surface area contributed by atoms with Gasteiger partial charge < -0.3 is 0 Å². The van der Waals surface area contributed by atoms with Gasteiger partial charge in [0.1, 0.15) is 0 Å². The van der Waals surface area contributed by atoms with Crippen molar-refractivity contribution in [2.75, 3.05) is 0 Å². The molecule has 1 aliphatic rings. The Hall–Kier alpha value is -1.30. The van der Waals surface area contributed by atoms with Crippen LogP contribution in [0.2, 0.25) is 0 Å². The normalized spacial score (nSPS) is 24.2. The van der Waals surface area contributed by atoms with Crippen molar-refractivity contribution >= 4 is 0 Å². The minimum Gasteiger partial charge on any atom is -0.0844 e. The van der Waals surface area contributed by atoms with E-state index in [0.29, 0.717) is 5.41 Å². The molecule has 0 heteroatoms. The molecule has 1 unspecified atom stereocenters. The molecule has 0 N–H and O–H groups in total. The standard InChI is InChI=1S/C17H22/c1-14(17(3)13-12-15(17)2)8-7-11-16-9-5-4-6-10-16/h4-6,8-10,12H,7,11,13H2,1-3H3/b14-8+. The number of aryl methyl sites for hydroxylation is 1. The Morgan fingerprint density at radius 3 is 2.53 bits per heavy atom. The molecule has 0 heterocycles. The van der Waals surface area contributed by atoms with Crippen LogP contribution in [0.25, 0.3) is 0 Å². The third kappa shape index (κ3) is 2.52. The molecule has 0 fully saturated rings. The number of benzene rings is 1. The zero-order valence-corrected chi connectivity index (χ0v) is 11.2. The first-order valence-corrected chi connectivity index (χ1v) is 6.51. The lowest BCUT2D eigenvalue weighted by Crippen LogP contribution is -2.25. The Balaban J connectivity index is 1.92. The average molecular weight is 226 g/mol. The summed E-state index contributed by atoms with van der Waals surface area (Å²) in [5, 5.41) is 0. The number of hydrogen-bond acceptors (Lipinski definition) is 0. The van der Waals surface area contributed by atoms with Crippen LogP contribution in [0.4, 0.5) is 0 Å². The molecule has 90 valence electrons. The summed E-state index contributed by atoms with van der Waals surface area (Å²) < 4.78 is 0. The first kappa shape index (κ1) is 12.2. The summed E-state index contributed by atoms with van der Waals surface area (Å²) >= 11 is 0. The molecular formula is C17H22. The van der Waals surface area contributed by atoms with Crippen LogP contribution in [0.5, 0.6) is 0 Å². The Bertz CT molecular complexity index is 436. The fourth-order valence-corrected chi connectivity index (χ4v) is 2.41. The molecule has 0 saturated carbocycles. The molecule has 1 aromatic carbocycles. The fourth-order valence-electron chi connectivity index (χ4n) is 2.41. The topological polar surface area (TPSA) is 0 Å². The maximum absolute atomic E-state index is 2.42. The molecule has 0 saturated heterocycles. The molecule has 0 spiro atoms. The van der Waals surface area contributed by atoms with Crippen LogP contribution in [-0.4, -0.2) is 0 Å². The van der Waals surface area contributed by atoms with E-state index in [4.69, 9.17) is 0 Å². The summed E-state index contributed by atoms with van der Waals surface area (Å²) in [5.41, 5.74) is 4.86. The van der Waals surface area contributed by atoms with Crippen molar-refractivity contribution in [2.45, 2.75) is 40.0 Å². The van der Waals surface area contributed by atoms with Crippen molar-refractivity contribution in [1.29, 1.82) is 0 Å². The van der Waals surface area contributed by atoms with Gasteiger partial charge in [0.05, 0.1) is 0 Å². The van der Waals surface area contributed by atoms with Crippen LogP contribution in [0, 0.1) is 5.41 Å². The highest BCUT2D eigenvalue weighted by atomic mass is 14.4. The summed E-state index contributed by atoms with van der Waals surface area (Å²) in [5.74, 6) is 0. The Labute approximate surface area is 105 Å². The van der Waals surface area contributed by atoms with E-state index < -0.39 is 0 Å². The second-order valence-corrected chi connectivity index (χ2v) is 5.33. The third-order valence-corrected chi connectivity index (χ3v) is 4.28. The summed E-state index contributed by atoms with van der Waals surface area (Å²) in [6, 6.07) is 10.7. The highest BCUT2D eigenvalue weighted by Crippen LogP contribution is 2.46. The van der Waals surface area contributed by atoms with Gasteiger partial charge in [-0.2, -0.15) is 0 Å². The second-order valence-electron chi connectivity index (χ2n) is 5.33. The van der Waals surface area contributed by atoms with Gasteiger partial charge in [0, 0.05) is 5.41 Å². The average Bonchev–Trinajstić information content (AvgIpc) is 2.37. The predicted octanol–water partition coefficient (Wildman–Crippen LogP) is 4.92. The molecular weight excluding hydrogens is 204 g/mol. The molecule has 0 radical (unpaired) electrons. The zero-order valence-electron chi connectivity index (χ0n) is 11.2. The maximum Gasteiger partial charge on any atom is 0.0121 e. The van der Waals surface area contributed by atoms with Crippen LogP contribution in [-0.2, 0) is 6.42 Å². The minimum atomic E-state index is 0.358. The molecule has 1 aliphatic carbocycles. The van der Waals surface area contributed by atoms with Crippen molar-refractivity contribution in [3.63, 3.8) is 0 Å². The van der Waals surface area contributed by atoms with Crippen LogP contribution in [0.15, 0.2) is 53.6 Å². The van der Waals surface area contributed by atoms with E-state index in [1.54, 1.807) is 0 Å². The van der Waals surface area contributed by atoms with Crippen molar-refractivity contribution in [1.82, 2.24) is 0 Å². The number of rotatable bonds is 4. The van der Waals surface area contributed by atoms with Crippen LogP contribution in [0.1, 0.15) is 39.2 Å². The molecule has 1 atom stereocenters. The Morgan fingerprint density at radius 1 is 1.29 bits per heavy atom. The van der Waals surface area contributed by atoms with Crippen LogP contribution in [0.3, 0.4) is 0 Å². The van der Waals surface area contributed by atoms with E-state index in [9.17, 15) is 0 Å². The van der Waals surface area contributed by atoms with Crippen LogP contribution >= 0.6 is 0 Å². The third-order valence-electron chi connectivity index (χ3n) is 4.28. The van der Waals surface area contributed by atoms with Crippen molar-refractivity contribution in [2.24, 2.45) is 5.41 Å². The number of hydrogen-bond donors (Lipinski definition) is 0. The lowest BCUT2D eigenvalue weighted by Gasteiger charge is -2.38. The lowest BCUT2D eigenvalue weighted by atomic mass is 9.66. The van der Waals surface area contributed by atoms with Crippen molar-refractivity contribution in [3.05, 3.63) is 59.2 Å². The SMILES string of the molecule is CC1=CCC1(C)/C(C)=C/CCc1ccccc1. The molecule has 0 aromatic heterocycles. The van der Waals surface area contributed by atoms with Crippen molar-refractivity contribution < 1.29 is 0 Å². The largest absolute Gasteiger partial charge is 0.0844 e. The number of allylic oxidation sites excluding steroid dienone is 4. The zero-order chi connectivity index (χ0) is 12.3. The van der Waals surface area contributed by atoms with E-state index in [-0.39, 0.29) is 0 Å². The summed E-state index contributed by atoms with van der Waals surface area (Å²) in [4.78, 5) is 0. The Kier molecular flexibility index (Phi) is 3.51. The van der Waals surface area contributed by atoms with E-state index in [0.717, 1.165) is 12.8 Å². The molecule has 2 rings (SSSR count). The second kappa shape index (κ2) is 4.91. The molecule has 0 bridgehead atoms. The molecule has 0 amide bonds. The van der Waals surface area contributed by atoms with Crippen LogP contribution < -0.4 is 0 Å². The smallest absolute Gasteiger partial charge is 0.0121 e. The van der Waals surface area contributed by atoms with Gasteiger partial charge in [-0.3, -0.25) is 0 Å². The molecule has 17 heavy (non-hydrogen) atoms. The van der Waals surface area contributed by atoms with Gasteiger partial charge in [-0.25, -0.2) is 0 Å². The summed E-state index contributed by atoms with van der Waals surface area (Å²) in [6.07, 6.45) is 8.28. The molecule has 0 nitrogen and oxygen atoms in total. The Morgan fingerprint density at radius 2 is 2.00 bits per heavy atom. The van der Waals surface area contributed by atoms with Crippen molar-refractivity contribution in [3.8, 4) is 0 Å². The quantitative estimate of drug-likeness (QED) is 0.639. The van der Waals surface area contributed by atoms with Gasteiger partial charge in [-0.1, -0.05) is 60.6 Å². The fraction of sp³-hybridized carbons (Fsp3) is 0.412. The monoisotopic (exact) mass is 226 g/mol. The van der Waals surface area contributed by atoms with E-state index >= 15 is 0 Å². The predicted molar refractivity (Wildman–Crippen MR) is 75.0 cm³/mol. The minimum absolute atomic E-state index is 0.358.